The van der Waals surface area contributed by atoms with Crippen LogP contribution >= 0.6 is 11.8 Å². The molecule has 1 aliphatic heterocycles. The quantitative estimate of drug-likeness (QED) is 0.544. The van der Waals surface area contributed by atoms with Crippen LogP contribution in [0.25, 0.3) is 0 Å². The Morgan fingerprint density at radius 1 is 1.13 bits per heavy atom. The fourth-order valence-electron chi connectivity index (χ4n) is 1.32. The summed E-state index contributed by atoms with van der Waals surface area (Å²) in [5.41, 5.74) is -0.445. The molecule has 0 atom stereocenters. The van der Waals surface area contributed by atoms with E-state index in [1.54, 1.807) is 0 Å². The second-order valence-corrected chi connectivity index (χ2v) is 6.03. The van der Waals surface area contributed by atoms with Gasteiger partial charge in [-0.2, -0.15) is 11.8 Å². The van der Waals surface area contributed by atoms with Gasteiger partial charge < -0.3 is 9.31 Å². The van der Waals surface area contributed by atoms with Crippen LogP contribution in [0.1, 0.15) is 34.6 Å². The van der Waals surface area contributed by atoms with E-state index in [0.717, 1.165) is 11.5 Å². The highest BCUT2D eigenvalue weighted by molar-refractivity contribution is 7.99. The van der Waals surface area contributed by atoms with Gasteiger partial charge in [-0.25, -0.2) is 0 Å². The predicted molar refractivity (Wildman–Crippen MR) is 68.2 cm³/mol. The molecule has 0 unspecified atom stereocenters. The molecule has 0 saturated carbocycles. The topological polar surface area (TPSA) is 18.5 Å². The largest absolute Gasteiger partial charge is 0.486 e. The van der Waals surface area contributed by atoms with Gasteiger partial charge in [-0.05, 0) is 33.4 Å². The van der Waals surface area contributed by atoms with E-state index in [9.17, 15) is 0 Å². The zero-order valence-corrected chi connectivity index (χ0v) is 11.2. The summed E-state index contributed by atoms with van der Waals surface area (Å²) in [5, 5.41) is 0. The fourth-order valence-corrected chi connectivity index (χ4v) is 1.80. The fraction of sp³-hybridized carbons (Fsp3) is 0.818. The third kappa shape index (κ3) is 3.26. The summed E-state index contributed by atoms with van der Waals surface area (Å²) >= 11 is 1.89. The number of rotatable bonds is 4. The monoisotopic (exact) mass is 228 g/mol. The van der Waals surface area contributed by atoms with Crippen molar-refractivity contribution < 1.29 is 9.31 Å². The van der Waals surface area contributed by atoms with Crippen molar-refractivity contribution in [3.05, 3.63) is 12.1 Å². The summed E-state index contributed by atoms with van der Waals surface area (Å²) in [7, 11) is -0.188. The van der Waals surface area contributed by atoms with Crippen LogP contribution in [0.5, 0.6) is 0 Å². The third-order valence-electron chi connectivity index (χ3n) is 2.98. The molecule has 1 rings (SSSR count). The first-order valence-corrected chi connectivity index (χ1v) is 6.64. The third-order valence-corrected chi connectivity index (χ3v) is 3.82. The van der Waals surface area contributed by atoms with Crippen molar-refractivity contribution in [3.8, 4) is 0 Å². The zero-order chi connectivity index (χ0) is 11.5. The van der Waals surface area contributed by atoms with Crippen LogP contribution in [-0.4, -0.2) is 29.8 Å². The van der Waals surface area contributed by atoms with Gasteiger partial charge in [0.05, 0.1) is 11.2 Å². The highest BCUT2D eigenvalue weighted by Crippen LogP contribution is 2.36. The van der Waals surface area contributed by atoms with Gasteiger partial charge in [-0.3, -0.25) is 0 Å². The summed E-state index contributed by atoms with van der Waals surface area (Å²) in [6, 6.07) is 0. The molecule has 1 aliphatic rings. The molecule has 2 nitrogen and oxygen atoms in total. The van der Waals surface area contributed by atoms with E-state index in [4.69, 9.17) is 9.31 Å². The summed E-state index contributed by atoms with van der Waals surface area (Å²) in [4.78, 5) is 0. The Bertz CT molecular complexity index is 223. The zero-order valence-electron chi connectivity index (χ0n) is 10.4. The van der Waals surface area contributed by atoms with Crippen molar-refractivity contribution in [2.45, 2.75) is 45.8 Å². The maximum Gasteiger partial charge on any atom is 0.486 e. The number of hydrogen-bond donors (Lipinski definition) is 0. The van der Waals surface area contributed by atoms with Crippen molar-refractivity contribution in [1.82, 2.24) is 0 Å². The summed E-state index contributed by atoms with van der Waals surface area (Å²) in [5.74, 6) is 4.19. The first kappa shape index (κ1) is 13.1. The lowest BCUT2D eigenvalue weighted by Crippen LogP contribution is -2.41. The van der Waals surface area contributed by atoms with Crippen molar-refractivity contribution >= 4 is 18.9 Å². The molecule has 0 aliphatic carbocycles. The molecule has 0 radical (unpaired) electrons. The van der Waals surface area contributed by atoms with E-state index in [1.165, 1.54) is 0 Å². The molecule has 0 bridgehead atoms. The first-order chi connectivity index (χ1) is 6.89. The SMILES string of the molecule is CCSCC=CB1OC(C)(C)C(C)(C)O1. The smallest absolute Gasteiger partial charge is 0.400 e. The van der Waals surface area contributed by atoms with E-state index in [1.807, 2.05) is 17.7 Å². The Morgan fingerprint density at radius 3 is 2.13 bits per heavy atom. The Kier molecular flexibility index (Phi) is 4.33. The normalized spacial score (nSPS) is 23.9. The molecule has 1 heterocycles. The van der Waals surface area contributed by atoms with Crippen molar-refractivity contribution in [3.63, 3.8) is 0 Å². The minimum Gasteiger partial charge on any atom is -0.400 e. The Balaban J connectivity index is 2.45. The molecular formula is C11H21BO2S. The molecule has 0 aromatic carbocycles. The minimum absolute atomic E-state index is 0.188. The second-order valence-electron chi connectivity index (χ2n) is 4.71. The van der Waals surface area contributed by atoms with Gasteiger partial charge >= 0.3 is 7.12 Å². The van der Waals surface area contributed by atoms with Crippen LogP contribution in [0.15, 0.2) is 12.1 Å². The summed E-state index contributed by atoms with van der Waals surface area (Å²) < 4.78 is 11.7. The van der Waals surface area contributed by atoms with Gasteiger partial charge in [0.1, 0.15) is 0 Å². The average molecular weight is 228 g/mol. The lowest BCUT2D eigenvalue weighted by molar-refractivity contribution is 0.00578. The molecule has 1 fully saturated rings. The van der Waals surface area contributed by atoms with Gasteiger partial charge in [-0.1, -0.05) is 19.0 Å². The van der Waals surface area contributed by atoms with Crippen LogP contribution in [-0.2, 0) is 9.31 Å². The number of thioether (sulfide) groups is 1. The molecule has 0 aromatic heterocycles. The molecular weight excluding hydrogens is 207 g/mol. The summed E-state index contributed by atoms with van der Waals surface area (Å²) in [6.07, 6.45) is 2.12. The van der Waals surface area contributed by atoms with Crippen molar-refractivity contribution in [2.75, 3.05) is 11.5 Å². The number of hydrogen-bond acceptors (Lipinski definition) is 3. The molecule has 0 aromatic rings. The standard InChI is InChI=1S/C11H21BO2S/c1-6-15-9-7-8-12-13-10(2,3)11(4,5)14-12/h7-8H,6,9H2,1-5H3. The van der Waals surface area contributed by atoms with E-state index < -0.39 is 0 Å². The van der Waals surface area contributed by atoms with Gasteiger partial charge in [0.15, 0.2) is 0 Å². The predicted octanol–water partition coefficient (Wildman–Crippen LogP) is 2.93. The van der Waals surface area contributed by atoms with Crippen molar-refractivity contribution in [1.29, 1.82) is 0 Å². The summed E-state index contributed by atoms with van der Waals surface area (Å²) in [6.45, 7) is 10.4. The molecule has 0 amide bonds. The van der Waals surface area contributed by atoms with E-state index in [0.29, 0.717) is 0 Å². The molecule has 15 heavy (non-hydrogen) atoms. The van der Waals surface area contributed by atoms with Crippen LogP contribution < -0.4 is 0 Å². The molecule has 1 saturated heterocycles. The van der Waals surface area contributed by atoms with E-state index in [2.05, 4.69) is 40.7 Å². The Hall–Kier alpha value is 0.0749. The molecule has 86 valence electrons. The first-order valence-electron chi connectivity index (χ1n) is 5.49. The Labute approximate surface area is 97.9 Å². The average Bonchev–Trinajstić information content (AvgIpc) is 2.30. The van der Waals surface area contributed by atoms with Gasteiger partial charge in [0.25, 0.3) is 0 Å². The molecule has 0 N–H and O–H groups in total. The van der Waals surface area contributed by atoms with Crippen LogP contribution in [0.3, 0.4) is 0 Å². The lowest BCUT2D eigenvalue weighted by Gasteiger charge is -2.32. The molecule has 0 spiro atoms. The van der Waals surface area contributed by atoms with Gasteiger partial charge in [-0.15, -0.1) is 0 Å². The Morgan fingerprint density at radius 2 is 1.67 bits per heavy atom. The minimum atomic E-state index is -0.222. The van der Waals surface area contributed by atoms with Crippen LogP contribution in [0.2, 0.25) is 0 Å². The van der Waals surface area contributed by atoms with Crippen LogP contribution in [0, 0.1) is 0 Å². The maximum absolute atomic E-state index is 5.83. The van der Waals surface area contributed by atoms with E-state index >= 15 is 0 Å². The molecule has 4 heteroatoms. The van der Waals surface area contributed by atoms with Crippen molar-refractivity contribution in [2.24, 2.45) is 0 Å². The highest BCUT2D eigenvalue weighted by Gasteiger charge is 2.49. The maximum atomic E-state index is 5.83. The van der Waals surface area contributed by atoms with Gasteiger partial charge in [0, 0.05) is 5.75 Å². The second kappa shape index (κ2) is 4.94. The lowest BCUT2D eigenvalue weighted by atomic mass is 9.90. The highest BCUT2D eigenvalue weighted by atomic mass is 32.2. The van der Waals surface area contributed by atoms with Gasteiger partial charge in [0.2, 0.25) is 0 Å². The van der Waals surface area contributed by atoms with Crippen LogP contribution in [0.4, 0.5) is 0 Å². The van der Waals surface area contributed by atoms with E-state index in [-0.39, 0.29) is 18.3 Å².